The van der Waals surface area contributed by atoms with Crippen molar-refractivity contribution in [3.8, 4) is 12.3 Å². The van der Waals surface area contributed by atoms with Gasteiger partial charge in [-0.25, -0.2) is 0 Å². The molecule has 0 aliphatic carbocycles. The summed E-state index contributed by atoms with van der Waals surface area (Å²) in [4.78, 5) is 2.59. The first-order valence-corrected chi connectivity index (χ1v) is 6.16. The molecule has 0 bridgehead atoms. The zero-order chi connectivity index (χ0) is 11.1. The summed E-state index contributed by atoms with van der Waals surface area (Å²) in [5.41, 5.74) is 0. The van der Waals surface area contributed by atoms with Gasteiger partial charge in [0.1, 0.15) is 0 Å². The molecule has 2 atom stereocenters. The Morgan fingerprint density at radius 1 is 1.60 bits per heavy atom. The third kappa shape index (κ3) is 4.24. The summed E-state index contributed by atoms with van der Waals surface area (Å²) >= 11 is 0. The molecule has 1 fully saturated rings. The van der Waals surface area contributed by atoms with E-state index in [9.17, 15) is 0 Å². The molecular formula is C13H24N2. The minimum atomic E-state index is 0.625. The largest absolute Gasteiger partial charge is 0.305 e. The van der Waals surface area contributed by atoms with Crippen LogP contribution in [0.15, 0.2) is 0 Å². The van der Waals surface area contributed by atoms with Crippen molar-refractivity contribution in [1.29, 1.82) is 0 Å². The summed E-state index contributed by atoms with van der Waals surface area (Å²) in [5, 5.41) is 3.28. The van der Waals surface area contributed by atoms with Crippen LogP contribution < -0.4 is 5.32 Å². The Bertz CT molecular complexity index is 207. The van der Waals surface area contributed by atoms with Crippen molar-refractivity contribution in [1.82, 2.24) is 10.2 Å². The monoisotopic (exact) mass is 208 g/mol. The molecule has 0 aromatic heterocycles. The molecule has 15 heavy (non-hydrogen) atoms. The molecule has 2 nitrogen and oxygen atoms in total. The Morgan fingerprint density at radius 2 is 2.40 bits per heavy atom. The first-order chi connectivity index (χ1) is 7.27. The second-order valence-corrected chi connectivity index (χ2v) is 4.62. The fourth-order valence-electron chi connectivity index (χ4n) is 2.39. The van der Waals surface area contributed by atoms with Gasteiger partial charge in [-0.2, -0.15) is 0 Å². The molecule has 1 heterocycles. The van der Waals surface area contributed by atoms with E-state index in [2.05, 4.69) is 30.0 Å². The molecular weight excluding hydrogens is 184 g/mol. The van der Waals surface area contributed by atoms with E-state index in [1.54, 1.807) is 0 Å². The number of likely N-dealkylation sites (tertiary alicyclic amines) is 1. The van der Waals surface area contributed by atoms with Crippen LogP contribution in [-0.4, -0.2) is 37.1 Å². The average molecular weight is 208 g/mol. The number of hydrogen-bond donors (Lipinski definition) is 1. The first kappa shape index (κ1) is 12.5. The SMILES string of the molecule is C#CCNCC(C)N1CCC(CCC)C1. The van der Waals surface area contributed by atoms with Crippen LogP contribution in [0.3, 0.4) is 0 Å². The summed E-state index contributed by atoms with van der Waals surface area (Å²) in [7, 11) is 0. The molecule has 1 saturated heterocycles. The van der Waals surface area contributed by atoms with Crippen molar-refractivity contribution in [2.45, 2.75) is 39.2 Å². The smallest absolute Gasteiger partial charge is 0.0574 e. The lowest BCUT2D eigenvalue weighted by molar-refractivity contribution is 0.243. The predicted octanol–water partition coefficient (Wildman–Crippen LogP) is 1.72. The lowest BCUT2D eigenvalue weighted by Crippen LogP contribution is -2.39. The Hall–Kier alpha value is -0.520. The summed E-state index contributed by atoms with van der Waals surface area (Å²) in [6.45, 7) is 8.83. The summed E-state index contributed by atoms with van der Waals surface area (Å²) in [6, 6.07) is 0.625. The highest BCUT2D eigenvalue weighted by atomic mass is 15.2. The number of nitrogens with zero attached hydrogens (tertiary/aromatic N) is 1. The molecule has 0 spiro atoms. The van der Waals surface area contributed by atoms with Crippen LogP contribution in [0, 0.1) is 18.3 Å². The lowest BCUT2D eigenvalue weighted by atomic mass is 10.0. The molecule has 1 aliphatic heterocycles. The Kier molecular flexibility index (Phi) is 5.75. The minimum absolute atomic E-state index is 0.625. The van der Waals surface area contributed by atoms with Gasteiger partial charge in [0, 0.05) is 19.1 Å². The lowest BCUT2D eigenvalue weighted by Gasteiger charge is -2.24. The normalized spacial score (nSPS) is 23.9. The van der Waals surface area contributed by atoms with Gasteiger partial charge in [-0.15, -0.1) is 6.42 Å². The van der Waals surface area contributed by atoms with Crippen molar-refractivity contribution < 1.29 is 0 Å². The summed E-state index contributed by atoms with van der Waals surface area (Å²) in [6.07, 6.45) is 9.30. The van der Waals surface area contributed by atoms with Crippen molar-refractivity contribution in [2.75, 3.05) is 26.2 Å². The quantitative estimate of drug-likeness (QED) is 0.528. The molecule has 1 aliphatic rings. The number of hydrogen-bond acceptors (Lipinski definition) is 2. The van der Waals surface area contributed by atoms with Crippen molar-refractivity contribution in [2.24, 2.45) is 5.92 Å². The summed E-state index contributed by atoms with van der Waals surface area (Å²) < 4.78 is 0. The van der Waals surface area contributed by atoms with E-state index in [1.165, 1.54) is 32.4 Å². The van der Waals surface area contributed by atoms with E-state index in [0.29, 0.717) is 12.6 Å². The van der Waals surface area contributed by atoms with E-state index >= 15 is 0 Å². The van der Waals surface area contributed by atoms with Crippen molar-refractivity contribution >= 4 is 0 Å². The number of nitrogens with one attached hydrogen (secondary N) is 1. The van der Waals surface area contributed by atoms with Crippen LogP contribution >= 0.6 is 0 Å². The van der Waals surface area contributed by atoms with Gasteiger partial charge >= 0.3 is 0 Å². The van der Waals surface area contributed by atoms with Gasteiger partial charge in [-0.3, -0.25) is 4.90 Å². The van der Waals surface area contributed by atoms with E-state index in [1.807, 2.05) is 0 Å². The standard InChI is InChI=1S/C13H24N2/c1-4-6-13-7-9-15(11-13)12(3)10-14-8-5-2/h2,12-14H,4,6-11H2,1,3H3. The first-order valence-electron chi connectivity index (χ1n) is 6.16. The molecule has 0 saturated carbocycles. The zero-order valence-electron chi connectivity index (χ0n) is 10.1. The van der Waals surface area contributed by atoms with Gasteiger partial charge in [-0.05, 0) is 32.2 Å². The van der Waals surface area contributed by atoms with Gasteiger partial charge < -0.3 is 5.32 Å². The maximum Gasteiger partial charge on any atom is 0.0574 e. The molecule has 0 amide bonds. The molecule has 0 aromatic carbocycles. The average Bonchev–Trinajstić information content (AvgIpc) is 2.67. The molecule has 0 aromatic rings. The second-order valence-electron chi connectivity index (χ2n) is 4.62. The van der Waals surface area contributed by atoms with Gasteiger partial charge in [0.25, 0.3) is 0 Å². The van der Waals surface area contributed by atoms with E-state index < -0.39 is 0 Å². The van der Waals surface area contributed by atoms with E-state index in [4.69, 9.17) is 6.42 Å². The molecule has 1 rings (SSSR count). The third-order valence-corrected chi connectivity index (χ3v) is 3.30. The Morgan fingerprint density at radius 3 is 3.07 bits per heavy atom. The van der Waals surface area contributed by atoms with E-state index in [-0.39, 0.29) is 0 Å². The highest BCUT2D eigenvalue weighted by molar-refractivity contribution is 4.88. The second kappa shape index (κ2) is 6.87. The van der Waals surface area contributed by atoms with Crippen LogP contribution in [0.2, 0.25) is 0 Å². The highest BCUT2D eigenvalue weighted by Gasteiger charge is 2.24. The number of terminal acetylenes is 1. The maximum atomic E-state index is 5.20. The van der Waals surface area contributed by atoms with Crippen LogP contribution in [0.4, 0.5) is 0 Å². The molecule has 1 N–H and O–H groups in total. The fraction of sp³-hybridized carbons (Fsp3) is 0.846. The Balaban J connectivity index is 2.18. The van der Waals surface area contributed by atoms with Gasteiger partial charge in [0.15, 0.2) is 0 Å². The summed E-state index contributed by atoms with van der Waals surface area (Å²) in [5.74, 6) is 3.55. The van der Waals surface area contributed by atoms with Crippen LogP contribution in [0.25, 0.3) is 0 Å². The molecule has 2 unspecified atom stereocenters. The highest BCUT2D eigenvalue weighted by Crippen LogP contribution is 2.22. The van der Waals surface area contributed by atoms with Gasteiger partial charge in [-0.1, -0.05) is 19.3 Å². The number of rotatable bonds is 6. The van der Waals surface area contributed by atoms with Gasteiger partial charge in [0.05, 0.1) is 6.54 Å². The van der Waals surface area contributed by atoms with Crippen LogP contribution in [-0.2, 0) is 0 Å². The molecule has 2 heteroatoms. The third-order valence-electron chi connectivity index (χ3n) is 3.30. The van der Waals surface area contributed by atoms with E-state index in [0.717, 1.165) is 12.5 Å². The minimum Gasteiger partial charge on any atom is -0.305 e. The van der Waals surface area contributed by atoms with Crippen molar-refractivity contribution in [3.05, 3.63) is 0 Å². The topological polar surface area (TPSA) is 15.3 Å². The van der Waals surface area contributed by atoms with Crippen LogP contribution in [0.5, 0.6) is 0 Å². The maximum absolute atomic E-state index is 5.20. The van der Waals surface area contributed by atoms with Crippen LogP contribution in [0.1, 0.15) is 33.1 Å². The Labute approximate surface area is 94.4 Å². The van der Waals surface area contributed by atoms with Gasteiger partial charge in [0.2, 0.25) is 0 Å². The molecule has 0 radical (unpaired) electrons. The fourth-order valence-corrected chi connectivity index (χ4v) is 2.39. The zero-order valence-corrected chi connectivity index (χ0v) is 10.1. The predicted molar refractivity (Wildman–Crippen MR) is 65.8 cm³/mol. The van der Waals surface area contributed by atoms with Crippen molar-refractivity contribution in [3.63, 3.8) is 0 Å². The molecule has 86 valence electrons.